The predicted molar refractivity (Wildman–Crippen MR) is 169 cm³/mol. The van der Waals surface area contributed by atoms with E-state index in [1.807, 2.05) is 0 Å². The van der Waals surface area contributed by atoms with Crippen LogP contribution in [-0.2, 0) is 0 Å². The lowest BCUT2D eigenvalue weighted by molar-refractivity contribution is 0.838. The molecule has 0 N–H and O–H groups in total. The number of hydrogen-bond acceptors (Lipinski definition) is 0. The van der Waals surface area contributed by atoms with Crippen LogP contribution in [0.15, 0.2) is 84.9 Å². The van der Waals surface area contributed by atoms with Crippen molar-refractivity contribution in [1.29, 1.82) is 0 Å². The van der Waals surface area contributed by atoms with E-state index in [0.717, 1.165) is 0 Å². The fourth-order valence-electron chi connectivity index (χ4n) is 6.35. The number of rotatable bonds is 6. The van der Waals surface area contributed by atoms with Crippen LogP contribution >= 0.6 is 0 Å². The van der Waals surface area contributed by atoms with Crippen molar-refractivity contribution < 1.29 is 0 Å². The number of fused-ring (bicyclic) bond motifs is 2. The first kappa shape index (κ1) is 26.2. The minimum atomic E-state index is 0.440. The van der Waals surface area contributed by atoms with Crippen LogP contribution < -0.4 is 0 Å². The van der Waals surface area contributed by atoms with Gasteiger partial charge in [0.15, 0.2) is 0 Å². The van der Waals surface area contributed by atoms with Crippen molar-refractivity contribution in [3.05, 3.63) is 107 Å². The van der Waals surface area contributed by atoms with Gasteiger partial charge < -0.3 is 0 Å². The van der Waals surface area contributed by atoms with Crippen molar-refractivity contribution in [2.45, 2.75) is 79.1 Å². The molecule has 0 aliphatic heterocycles. The van der Waals surface area contributed by atoms with Gasteiger partial charge in [0.25, 0.3) is 0 Å². The molecule has 0 radical (unpaired) electrons. The Bertz CT molecular complexity index is 1380. The SMILES string of the molecule is CC(C)c1cccc(C(C)C)c1-c1c2ccccc2c(-c2c(C(C)C)cccc2C(C)C)c2ccccc12. The zero-order valence-corrected chi connectivity index (χ0v) is 24.4. The van der Waals surface area contributed by atoms with Crippen LogP contribution in [-0.4, -0.2) is 0 Å². The maximum Gasteiger partial charge on any atom is -0.00206 e. The fourth-order valence-corrected chi connectivity index (χ4v) is 6.35. The van der Waals surface area contributed by atoms with Crippen molar-refractivity contribution in [2.24, 2.45) is 0 Å². The molecule has 5 aromatic rings. The Kier molecular flexibility index (Phi) is 7.19. The molecule has 0 aliphatic carbocycles. The summed E-state index contributed by atoms with van der Waals surface area (Å²) in [6.45, 7) is 18.6. The molecule has 0 saturated heterocycles. The van der Waals surface area contributed by atoms with Crippen LogP contribution in [0.4, 0.5) is 0 Å². The Morgan fingerprint density at radius 3 is 0.737 bits per heavy atom. The Labute approximate surface area is 229 Å². The van der Waals surface area contributed by atoms with Gasteiger partial charge in [0, 0.05) is 0 Å². The molecule has 0 fully saturated rings. The molecular formula is C38H42. The Morgan fingerprint density at radius 2 is 0.526 bits per heavy atom. The van der Waals surface area contributed by atoms with Gasteiger partial charge in [0.1, 0.15) is 0 Å². The van der Waals surface area contributed by atoms with Crippen LogP contribution in [0.3, 0.4) is 0 Å². The maximum absolute atomic E-state index is 2.36. The molecular weight excluding hydrogens is 456 g/mol. The molecule has 0 spiro atoms. The Hall–Kier alpha value is -3.38. The molecule has 0 aliphatic rings. The highest BCUT2D eigenvalue weighted by Crippen LogP contribution is 2.49. The normalized spacial score (nSPS) is 12.1. The number of benzene rings is 5. The first-order valence-electron chi connectivity index (χ1n) is 14.4. The highest BCUT2D eigenvalue weighted by molar-refractivity contribution is 6.22. The Morgan fingerprint density at radius 1 is 0.289 bits per heavy atom. The molecule has 0 aromatic heterocycles. The topological polar surface area (TPSA) is 0 Å². The van der Waals surface area contributed by atoms with E-state index in [-0.39, 0.29) is 0 Å². The lowest BCUT2D eigenvalue weighted by Gasteiger charge is -2.26. The highest BCUT2D eigenvalue weighted by atomic mass is 14.3. The maximum atomic E-state index is 2.36. The third-order valence-corrected chi connectivity index (χ3v) is 8.18. The predicted octanol–water partition coefficient (Wildman–Crippen LogP) is 11.8. The summed E-state index contributed by atoms with van der Waals surface area (Å²) in [6.07, 6.45) is 0. The molecule has 0 heterocycles. The van der Waals surface area contributed by atoms with Crippen LogP contribution in [0.1, 0.15) is 101 Å². The second-order valence-corrected chi connectivity index (χ2v) is 12.1. The third kappa shape index (κ3) is 4.35. The second kappa shape index (κ2) is 10.4. The van der Waals surface area contributed by atoms with Gasteiger partial charge in [-0.05, 0) is 89.7 Å². The van der Waals surface area contributed by atoms with Crippen molar-refractivity contribution in [3.8, 4) is 22.3 Å². The van der Waals surface area contributed by atoms with E-state index in [9.17, 15) is 0 Å². The van der Waals surface area contributed by atoms with Crippen molar-refractivity contribution in [1.82, 2.24) is 0 Å². The van der Waals surface area contributed by atoms with E-state index < -0.39 is 0 Å². The summed E-state index contributed by atoms with van der Waals surface area (Å²) in [5.41, 5.74) is 11.4. The van der Waals surface area contributed by atoms with E-state index >= 15 is 0 Å². The Balaban J connectivity index is 2.06. The van der Waals surface area contributed by atoms with Gasteiger partial charge in [0.05, 0.1) is 0 Å². The molecule has 0 unspecified atom stereocenters. The number of hydrogen-bond donors (Lipinski definition) is 0. The minimum Gasteiger partial charge on any atom is -0.0617 e. The summed E-state index contributed by atoms with van der Waals surface area (Å²) in [6, 6.07) is 32.2. The fraction of sp³-hybridized carbons (Fsp3) is 0.316. The average Bonchev–Trinajstić information content (AvgIpc) is 2.90. The van der Waals surface area contributed by atoms with Crippen LogP contribution in [0, 0.1) is 0 Å². The summed E-state index contributed by atoms with van der Waals surface area (Å²) in [5, 5.41) is 5.41. The zero-order chi connectivity index (χ0) is 27.1. The van der Waals surface area contributed by atoms with Crippen LogP contribution in [0.25, 0.3) is 43.8 Å². The van der Waals surface area contributed by atoms with Gasteiger partial charge in [-0.15, -0.1) is 0 Å². The zero-order valence-electron chi connectivity index (χ0n) is 24.4. The molecule has 0 nitrogen and oxygen atoms in total. The van der Waals surface area contributed by atoms with Gasteiger partial charge in [-0.25, -0.2) is 0 Å². The third-order valence-electron chi connectivity index (χ3n) is 8.18. The largest absolute Gasteiger partial charge is 0.0617 e. The molecule has 0 saturated carbocycles. The van der Waals surface area contributed by atoms with Gasteiger partial charge in [-0.1, -0.05) is 140 Å². The van der Waals surface area contributed by atoms with Gasteiger partial charge in [-0.2, -0.15) is 0 Å². The summed E-state index contributed by atoms with van der Waals surface area (Å²) in [4.78, 5) is 0. The molecule has 0 atom stereocenters. The average molecular weight is 499 g/mol. The first-order valence-corrected chi connectivity index (χ1v) is 14.4. The molecule has 5 rings (SSSR count). The first-order chi connectivity index (χ1) is 18.2. The van der Waals surface area contributed by atoms with E-state index in [1.165, 1.54) is 66.1 Å². The molecule has 0 amide bonds. The summed E-state index contributed by atoms with van der Waals surface area (Å²) in [5.74, 6) is 1.76. The molecule has 38 heavy (non-hydrogen) atoms. The second-order valence-electron chi connectivity index (χ2n) is 12.1. The summed E-state index contributed by atoms with van der Waals surface area (Å²) < 4.78 is 0. The van der Waals surface area contributed by atoms with Gasteiger partial charge >= 0.3 is 0 Å². The van der Waals surface area contributed by atoms with Crippen molar-refractivity contribution in [3.63, 3.8) is 0 Å². The molecule has 0 bridgehead atoms. The van der Waals surface area contributed by atoms with Crippen LogP contribution in [0.2, 0.25) is 0 Å². The quantitative estimate of drug-likeness (QED) is 0.204. The van der Waals surface area contributed by atoms with E-state index in [2.05, 4.69) is 140 Å². The van der Waals surface area contributed by atoms with Crippen molar-refractivity contribution >= 4 is 21.5 Å². The lowest BCUT2D eigenvalue weighted by Crippen LogP contribution is -2.03. The molecule has 5 aromatic carbocycles. The highest BCUT2D eigenvalue weighted by Gasteiger charge is 2.25. The summed E-state index contributed by atoms with van der Waals surface area (Å²) in [7, 11) is 0. The van der Waals surface area contributed by atoms with Crippen molar-refractivity contribution in [2.75, 3.05) is 0 Å². The smallest absolute Gasteiger partial charge is 0.00206 e. The van der Waals surface area contributed by atoms with E-state index in [0.29, 0.717) is 23.7 Å². The van der Waals surface area contributed by atoms with E-state index in [4.69, 9.17) is 0 Å². The lowest BCUT2D eigenvalue weighted by atomic mass is 9.77. The minimum absolute atomic E-state index is 0.440. The molecule has 194 valence electrons. The van der Waals surface area contributed by atoms with Crippen LogP contribution in [0.5, 0.6) is 0 Å². The molecule has 0 heteroatoms. The standard InChI is InChI=1S/C38H42/c1-23(2)27-19-13-20-28(24(3)4)35(27)37-31-15-9-11-17-33(31)38(34-18-12-10-16-32(34)37)36-29(25(5)6)21-14-22-30(36)26(7)8/h9-26H,1-8H3. The van der Waals surface area contributed by atoms with Gasteiger partial charge in [0.2, 0.25) is 0 Å². The summed E-state index contributed by atoms with van der Waals surface area (Å²) >= 11 is 0. The van der Waals surface area contributed by atoms with Gasteiger partial charge in [-0.3, -0.25) is 0 Å². The van der Waals surface area contributed by atoms with E-state index in [1.54, 1.807) is 0 Å². The monoisotopic (exact) mass is 498 g/mol.